The number of benzene rings is 2. The molecule has 1 saturated heterocycles. The lowest BCUT2D eigenvalue weighted by molar-refractivity contribution is -0.111. The minimum atomic E-state index is -0.319. The molecule has 0 spiro atoms. The fraction of sp³-hybridized carbons (Fsp3) is 0.231. The lowest BCUT2D eigenvalue weighted by atomic mass is 10.1. The summed E-state index contributed by atoms with van der Waals surface area (Å²) in [5.74, 6) is 0.735. The minimum absolute atomic E-state index is 0.123. The molecule has 1 aliphatic heterocycles. The fourth-order valence-electron chi connectivity index (χ4n) is 3.64. The van der Waals surface area contributed by atoms with Crippen molar-refractivity contribution in [3.63, 3.8) is 0 Å². The van der Waals surface area contributed by atoms with Gasteiger partial charge in [-0.1, -0.05) is 24.3 Å². The van der Waals surface area contributed by atoms with E-state index in [-0.39, 0.29) is 11.8 Å². The molecule has 0 bridgehead atoms. The zero-order valence-electron chi connectivity index (χ0n) is 19.3. The minimum Gasteiger partial charge on any atom is -0.378 e. The maximum absolute atomic E-state index is 12.9. The summed E-state index contributed by atoms with van der Waals surface area (Å²) < 4.78 is 5.37. The van der Waals surface area contributed by atoms with Gasteiger partial charge in [0.2, 0.25) is 5.91 Å². The van der Waals surface area contributed by atoms with E-state index in [0.717, 1.165) is 35.7 Å². The van der Waals surface area contributed by atoms with Gasteiger partial charge in [-0.2, -0.15) is 0 Å². The Morgan fingerprint density at radius 2 is 1.85 bits per heavy atom. The van der Waals surface area contributed by atoms with Gasteiger partial charge in [-0.15, -0.1) is 0 Å². The number of hydrogen-bond acceptors (Lipinski definition) is 6. The van der Waals surface area contributed by atoms with E-state index in [1.54, 1.807) is 42.3 Å². The molecule has 2 heterocycles. The van der Waals surface area contributed by atoms with Gasteiger partial charge in [0, 0.05) is 43.5 Å². The molecular weight excluding hydrogens is 430 g/mol. The van der Waals surface area contributed by atoms with Crippen molar-refractivity contribution in [1.82, 2.24) is 9.97 Å². The number of carbonyl (C=O) groups is 2. The van der Waals surface area contributed by atoms with Gasteiger partial charge in [0.15, 0.2) is 0 Å². The number of morpholine rings is 1. The summed E-state index contributed by atoms with van der Waals surface area (Å²) in [4.78, 5) is 37.5. The first-order valence-electron chi connectivity index (χ1n) is 11.1. The van der Waals surface area contributed by atoms with Gasteiger partial charge in [0.05, 0.1) is 13.2 Å². The van der Waals surface area contributed by atoms with Crippen molar-refractivity contribution in [3.8, 4) is 0 Å². The molecule has 0 unspecified atom stereocenters. The molecule has 1 aromatic heterocycles. The molecule has 2 aromatic carbocycles. The molecule has 174 valence electrons. The van der Waals surface area contributed by atoms with Crippen molar-refractivity contribution in [2.75, 3.05) is 48.5 Å². The Balaban J connectivity index is 1.40. The predicted octanol–water partition coefficient (Wildman–Crippen LogP) is 3.55. The van der Waals surface area contributed by atoms with E-state index in [2.05, 4.69) is 20.2 Å². The average molecular weight is 458 g/mol. The molecule has 1 fully saturated rings. The van der Waals surface area contributed by atoms with Crippen LogP contribution in [0, 0.1) is 6.92 Å². The van der Waals surface area contributed by atoms with E-state index < -0.39 is 0 Å². The van der Waals surface area contributed by atoms with Crippen LogP contribution in [-0.2, 0) is 9.53 Å². The number of nitrogens with zero attached hydrogens (tertiary/aromatic N) is 4. The normalized spacial score (nSPS) is 13.6. The summed E-state index contributed by atoms with van der Waals surface area (Å²) in [5, 5.41) is 2.76. The number of rotatable bonds is 6. The monoisotopic (exact) mass is 457 g/mol. The van der Waals surface area contributed by atoms with Crippen molar-refractivity contribution in [3.05, 3.63) is 83.7 Å². The van der Waals surface area contributed by atoms with Gasteiger partial charge in [0.25, 0.3) is 5.91 Å². The number of nitrogens with one attached hydrogen (secondary N) is 1. The van der Waals surface area contributed by atoms with Crippen LogP contribution < -0.4 is 15.1 Å². The maximum atomic E-state index is 12.9. The molecule has 2 amide bonds. The topological polar surface area (TPSA) is 87.7 Å². The van der Waals surface area contributed by atoms with E-state index in [0.29, 0.717) is 24.6 Å². The summed E-state index contributed by atoms with van der Waals surface area (Å²) in [6, 6.07) is 16.7. The van der Waals surface area contributed by atoms with E-state index in [1.165, 1.54) is 12.4 Å². The molecule has 3 aromatic rings. The van der Waals surface area contributed by atoms with Crippen molar-refractivity contribution in [2.45, 2.75) is 6.92 Å². The Morgan fingerprint density at radius 1 is 1.06 bits per heavy atom. The second kappa shape index (κ2) is 10.7. The van der Waals surface area contributed by atoms with Gasteiger partial charge in [0.1, 0.15) is 18.0 Å². The maximum Gasteiger partial charge on any atom is 0.258 e. The van der Waals surface area contributed by atoms with Crippen LogP contribution in [0.1, 0.15) is 21.5 Å². The van der Waals surface area contributed by atoms with E-state index in [1.807, 2.05) is 37.3 Å². The number of amides is 2. The number of ether oxygens (including phenoxy) is 1. The standard InChI is InChI=1S/C26H27N5O3/c1-19-5-3-8-22(15-19)30(2)26(33)21-7-4-6-20(16-21)9-10-25(32)29-23-17-24(28-18-27-23)31-11-13-34-14-12-31/h3-10,15-18H,11-14H2,1-2H3,(H,27,28,29,32)/b10-9+. The summed E-state index contributed by atoms with van der Waals surface area (Å²) in [7, 11) is 1.75. The second-order valence-corrected chi connectivity index (χ2v) is 8.01. The second-order valence-electron chi connectivity index (χ2n) is 8.01. The molecular formula is C26H27N5O3. The highest BCUT2D eigenvalue weighted by Gasteiger charge is 2.15. The van der Waals surface area contributed by atoms with Crippen molar-refractivity contribution in [2.24, 2.45) is 0 Å². The Morgan fingerprint density at radius 3 is 2.65 bits per heavy atom. The zero-order valence-corrected chi connectivity index (χ0v) is 19.3. The Hall–Kier alpha value is -4.04. The van der Waals surface area contributed by atoms with Crippen LogP contribution in [0.15, 0.2) is 67.0 Å². The van der Waals surface area contributed by atoms with Crippen molar-refractivity contribution >= 4 is 35.2 Å². The van der Waals surface area contributed by atoms with E-state index in [9.17, 15) is 9.59 Å². The third-order valence-electron chi connectivity index (χ3n) is 5.49. The van der Waals surface area contributed by atoms with E-state index in [4.69, 9.17) is 4.74 Å². The Bertz CT molecular complexity index is 1200. The Kier molecular flexibility index (Phi) is 7.29. The first-order chi connectivity index (χ1) is 16.5. The number of aryl methyl sites for hydroxylation is 1. The molecule has 4 rings (SSSR count). The van der Waals surface area contributed by atoms with Gasteiger partial charge in [-0.05, 0) is 48.4 Å². The summed E-state index contributed by atoms with van der Waals surface area (Å²) >= 11 is 0. The van der Waals surface area contributed by atoms with Crippen LogP contribution in [0.25, 0.3) is 6.08 Å². The van der Waals surface area contributed by atoms with Crippen LogP contribution in [0.2, 0.25) is 0 Å². The molecule has 1 aliphatic rings. The number of anilines is 3. The Labute approximate surface area is 198 Å². The largest absolute Gasteiger partial charge is 0.378 e. The molecule has 8 heteroatoms. The molecule has 0 aliphatic carbocycles. The lowest BCUT2D eigenvalue weighted by Gasteiger charge is -2.27. The third-order valence-corrected chi connectivity index (χ3v) is 5.49. The molecule has 0 radical (unpaired) electrons. The highest BCUT2D eigenvalue weighted by molar-refractivity contribution is 6.06. The van der Waals surface area contributed by atoms with Gasteiger partial charge >= 0.3 is 0 Å². The van der Waals surface area contributed by atoms with Crippen molar-refractivity contribution in [1.29, 1.82) is 0 Å². The number of hydrogen-bond donors (Lipinski definition) is 1. The zero-order chi connectivity index (χ0) is 23.9. The first-order valence-corrected chi connectivity index (χ1v) is 11.1. The van der Waals surface area contributed by atoms with Crippen LogP contribution in [0.4, 0.5) is 17.3 Å². The van der Waals surface area contributed by atoms with Crippen LogP contribution in [0.3, 0.4) is 0 Å². The summed E-state index contributed by atoms with van der Waals surface area (Å²) in [6.07, 6.45) is 4.52. The highest BCUT2D eigenvalue weighted by atomic mass is 16.5. The average Bonchev–Trinajstić information content (AvgIpc) is 2.87. The van der Waals surface area contributed by atoms with Gasteiger partial charge < -0.3 is 19.9 Å². The van der Waals surface area contributed by atoms with E-state index >= 15 is 0 Å². The first kappa shape index (κ1) is 23.1. The highest BCUT2D eigenvalue weighted by Crippen LogP contribution is 2.18. The van der Waals surface area contributed by atoms with Crippen molar-refractivity contribution < 1.29 is 14.3 Å². The molecule has 34 heavy (non-hydrogen) atoms. The third kappa shape index (κ3) is 5.85. The summed E-state index contributed by atoms with van der Waals surface area (Å²) in [6.45, 7) is 4.79. The lowest BCUT2D eigenvalue weighted by Crippen LogP contribution is -2.36. The number of aromatic nitrogens is 2. The molecule has 0 atom stereocenters. The quantitative estimate of drug-likeness (QED) is 0.570. The summed E-state index contributed by atoms with van der Waals surface area (Å²) in [5.41, 5.74) is 3.19. The SMILES string of the molecule is Cc1cccc(N(C)C(=O)c2cccc(/C=C/C(=O)Nc3cc(N4CCOCC4)ncn3)c2)c1. The number of carbonyl (C=O) groups excluding carboxylic acids is 2. The van der Waals surface area contributed by atoms with Crippen LogP contribution in [0.5, 0.6) is 0 Å². The molecule has 1 N–H and O–H groups in total. The van der Waals surface area contributed by atoms with Crippen LogP contribution >= 0.6 is 0 Å². The molecule has 0 saturated carbocycles. The van der Waals surface area contributed by atoms with Gasteiger partial charge in [-0.25, -0.2) is 9.97 Å². The van der Waals surface area contributed by atoms with Crippen LogP contribution in [-0.4, -0.2) is 55.1 Å². The molecule has 8 nitrogen and oxygen atoms in total. The predicted molar refractivity (Wildman–Crippen MR) is 133 cm³/mol. The fourth-order valence-corrected chi connectivity index (χ4v) is 3.64. The smallest absolute Gasteiger partial charge is 0.258 e. The van der Waals surface area contributed by atoms with Gasteiger partial charge in [-0.3, -0.25) is 9.59 Å².